The summed E-state index contributed by atoms with van der Waals surface area (Å²) < 4.78 is 18.7. The second kappa shape index (κ2) is 5.85. The van der Waals surface area contributed by atoms with Crippen molar-refractivity contribution in [1.82, 2.24) is 0 Å². The van der Waals surface area contributed by atoms with Gasteiger partial charge in [0.05, 0.1) is 0 Å². The molecule has 2 nitrogen and oxygen atoms in total. The standard InChI is InChI=1S/C16H18FNO/c1-11-9-15(17)6-3-14(11)10-19-16-7-4-13(5-8-16)12(2)18/h3-9,12H,10,18H2,1-2H3/t12-/m1/s1. The van der Waals surface area contributed by atoms with E-state index in [0.717, 1.165) is 22.4 Å². The van der Waals surface area contributed by atoms with Gasteiger partial charge in [-0.2, -0.15) is 0 Å². The van der Waals surface area contributed by atoms with E-state index in [4.69, 9.17) is 10.5 Å². The van der Waals surface area contributed by atoms with Crippen LogP contribution in [-0.4, -0.2) is 0 Å². The predicted molar refractivity (Wildman–Crippen MR) is 74.5 cm³/mol. The highest BCUT2D eigenvalue weighted by Gasteiger charge is 2.03. The van der Waals surface area contributed by atoms with Crippen LogP contribution >= 0.6 is 0 Å². The third-order valence-electron chi connectivity index (χ3n) is 3.10. The fraction of sp³-hybridized carbons (Fsp3) is 0.250. The van der Waals surface area contributed by atoms with E-state index >= 15 is 0 Å². The lowest BCUT2D eigenvalue weighted by molar-refractivity contribution is 0.305. The van der Waals surface area contributed by atoms with E-state index in [9.17, 15) is 4.39 Å². The molecule has 0 heterocycles. The van der Waals surface area contributed by atoms with Crippen LogP contribution in [0.2, 0.25) is 0 Å². The van der Waals surface area contributed by atoms with Crippen LogP contribution in [-0.2, 0) is 6.61 Å². The molecular weight excluding hydrogens is 241 g/mol. The molecule has 0 aromatic heterocycles. The quantitative estimate of drug-likeness (QED) is 0.908. The van der Waals surface area contributed by atoms with Crippen molar-refractivity contribution in [3.63, 3.8) is 0 Å². The molecule has 0 amide bonds. The van der Waals surface area contributed by atoms with E-state index in [1.165, 1.54) is 12.1 Å². The van der Waals surface area contributed by atoms with Crippen LogP contribution in [0.1, 0.15) is 29.7 Å². The summed E-state index contributed by atoms with van der Waals surface area (Å²) in [6, 6.07) is 12.4. The highest BCUT2D eigenvalue weighted by molar-refractivity contribution is 5.30. The monoisotopic (exact) mass is 259 g/mol. The fourth-order valence-electron chi connectivity index (χ4n) is 1.85. The smallest absolute Gasteiger partial charge is 0.123 e. The van der Waals surface area contributed by atoms with Gasteiger partial charge in [0.1, 0.15) is 18.2 Å². The second-order valence-electron chi connectivity index (χ2n) is 4.72. The summed E-state index contributed by atoms with van der Waals surface area (Å²) in [5.41, 5.74) is 8.74. The number of benzene rings is 2. The summed E-state index contributed by atoms with van der Waals surface area (Å²) >= 11 is 0. The molecule has 2 aromatic rings. The minimum absolute atomic E-state index is 0.0217. The first-order valence-electron chi connectivity index (χ1n) is 6.29. The van der Waals surface area contributed by atoms with Crippen LogP contribution in [0, 0.1) is 12.7 Å². The number of nitrogens with two attached hydrogens (primary N) is 1. The molecule has 0 saturated carbocycles. The topological polar surface area (TPSA) is 35.2 Å². The van der Waals surface area contributed by atoms with E-state index in [0.29, 0.717) is 6.61 Å². The van der Waals surface area contributed by atoms with E-state index in [-0.39, 0.29) is 11.9 Å². The van der Waals surface area contributed by atoms with Crippen molar-refractivity contribution in [1.29, 1.82) is 0 Å². The molecular formula is C16H18FNO. The van der Waals surface area contributed by atoms with Crippen molar-refractivity contribution in [2.45, 2.75) is 26.5 Å². The van der Waals surface area contributed by atoms with E-state index in [1.807, 2.05) is 38.1 Å². The molecule has 1 atom stereocenters. The van der Waals surface area contributed by atoms with Crippen LogP contribution < -0.4 is 10.5 Å². The first-order valence-corrected chi connectivity index (χ1v) is 6.29. The Bertz CT molecular complexity index is 549. The van der Waals surface area contributed by atoms with Gasteiger partial charge in [-0.3, -0.25) is 0 Å². The van der Waals surface area contributed by atoms with Gasteiger partial charge in [-0.15, -0.1) is 0 Å². The Balaban J connectivity index is 2.02. The van der Waals surface area contributed by atoms with Crippen molar-refractivity contribution in [3.8, 4) is 5.75 Å². The molecule has 19 heavy (non-hydrogen) atoms. The van der Waals surface area contributed by atoms with Gasteiger partial charge in [0.25, 0.3) is 0 Å². The Kier molecular flexibility index (Phi) is 4.17. The molecule has 2 rings (SSSR count). The zero-order valence-electron chi connectivity index (χ0n) is 11.2. The van der Waals surface area contributed by atoms with Crippen LogP contribution in [0.4, 0.5) is 4.39 Å². The summed E-state index contributed by atoms with van der Waals surface area (Å²) in [5, 5.41) is 0. The molecule has 0 radical (unpaired) electrons. The molecule has 0 aliphatic heterocycles. The third kappa shape index (κ3) is 3.55. The van der Waals surface area contributed by atoms with Gasteiger partial charge in [-0.25, -0.2) is 4.39 Å². The molecule has 2 aromatic carbocycles. The normalized spacial score (nSPS) is 12.2. The maximum absolute atomic E-state index is 13.0. The third-order valence-corrected chi connectivity index (χ3v) is 3.10. The number of rotatable bonds is 4. The average molecular weight is 259 g/mol. The number of ether oxygens (including phenoxy) is 1. The van der Waals surface area contributed by atoms with Gasteiger partial charge >= 0.3 is 0 Å². The van der Waals surface area contributed by atoms with Crippen LogP contribution in [0.25, 0.3) is 0 Å². The molecule has 0 saturated heterocycles. The van der Waals surface area contributed by atoms with Crippen molar-refractivity contribution >= 4 is 0 Å². The lowest BCUT2D eigenvalue weighted by atomic mass is 10.1. The number of aryl methyl sites for hydroxylation is 1. The van der Waals surface area contributed by atoms with E-state index in [2.05, 4.69) is 0 Å². The molecule has 0 fully saturated rings. The van der Waals surface area contributed by atoms with Gasteiger partial charge in [0.2, 0.25) is 0 Å². The molecule has 2 N–H and O–H groups in total. The molecule has 0 bridgehead atoms. The SMILES string of the molecule is Cc1cc(F)ccc1COc1ccc([C@@H](C)N)cc1. The number of halogens is 1. The zero-order chi connectivity index (χ0) is 13.8. The summed E-state index contributed by atoms with van der Waals surface area (Å²) in [6.07, 6.45) is 0. The minimum Gasteiger partial charge on any atom is -0.489 e. The number of hydrogen-bond acceptors (Lipinski definition) is 2. The summed E-state index contributed by atoms with van der Waals surface area (Å²) in [4.78, 5) is 0. The Morgan fingerprint density at radius 3 is 2.42 bits per heavy atom. The van der Waals surface area contributed by atoms with Crippen molar-refractivity contribution in [3.05, 3.63) is 65.0 Å². The lowest BCUT2D eigenvalue weighted by Gasteiger charge is -2.10. The molecule has 0 aliphatic rings. The van der Waals surface area contributed by atoms with E-state index < -0.39 is 0 Å². The zero-order valence-corrected chi connectivity index (χ0v) is 11.2. The summed E-state index contributed by atoms with van der Waals surface area (Å²) in [5.74, 6) is 0.565. The van der Waals surface area contributed by atoms with Gasteiger partial charge in [-0.1, -0.05) is 18.2 Å². The van der Waals surface area contributed by atoms with Crippen LogP contribution in [0.15, 0.2) is 42.5 Å². The largest absolute Gasteiger partial charge is 0.489 e. The van der Waals surface area contributed by atoms with Crippen LogP contribution in [0.3, 0.4) is 0 Å². The predicted octanol–water partition coefficient (Wildman–Crippen LogP) is 3.73. The first kappa shape index (κ1) is 13.6. The van der Waals surface area contributed by atoms with Crippen molar-refractivity contribution in [2.75, 3.05) is 0 Å². The van der Waals surface area contributed by atoms with Gasteiger partial charge in [-0.05, 0) is 54.8 Å². The fourth-order valence-corrected chi connectivity index (χ4v) is 1.85. The first-order chi connectivity index (χ1) is 9.06. The number of hydrogen-bond donors (Lipinski definition) is 1. The maximum Gasteiger partial charge on any atom is 0.123 e. The summed E-state index contributed by atoms with van der Waals surface area (Å²) in [7, 11) is 0. The highest BCUT2D eigenvalue weighted by atomic mass is 19.1. The molecule has 0 spiro atoms. The molecule has 100 valence electrons. The van der Waals surface area contributed by atoms with Gasteiger partial charge < -0.3 is 10.5 Å². The Labute approximate surface area is 113 Å². The highest BCUT2D eigenvalue weighted by Crippen LogP contribution is 2.18. The summed E-state index contributed by atoms with van der Waals surface area (Å²) in [6.45, 7) is 4.25. The van der Waals surface area contributed by atoms with Gasteiger partial charge in [0, 0.05) is 6.04 Å². The molecule has 0 unspecified atom stereocenters. The van der Waals surface area contributed by atoms with Crippen LogP contribution in [0.5, 0.6) is 5.75 Å². The van der Waals surface area contributed by atoms with E-state index in [1.54, 1.807) is 6.07 Å². The van der Waals surface area contributed by atoms with Crippen molar-refractivity contribution < 1.29 is 9.13 Å². The van der Waals surface area contributed by atoms with Crippen molar-refractivity contribution in [2.24, 2.45) is 5.73 Å². The molecule has 0 aliphatic carbocycles. The average Bonchev–Trinajstić information content (AvgIpc) is 2.38. The Morgan fingerprint density at radius 1 is 1.16 bits per heavy atom. The molecule has 3 heteroatoms. The maximum atomic E-state index is 13.0. The Morgan fingerprint density at radius 2 is 1.84 bits per heavy atom. The Hall–Kier alpha value is -1.87. The minimum atomic E-state index is -0.220. The van der Waals surface area contributed by atoms with Gasteiger partial charge in [0.15, 0.2) is 0 Å². The second-order valence-corrected chi connectivity index (χ2v) is 4.72. The lowest BCUT2D eigenvalue weighted by Crippen LogP contribution is -2.04.